The predicted molar refractivity (Wildman–Crippen MR) is 83.1 cm³/mol. The average Bonchev–Trinajstić information content (AvgIpc) is 3.09. The molecule has 0 fully saturated rings. The van der Waals surface area contributed by atoms with Gasteiger partial charge < -0.3 is 14.4 Å². The third kappa shape index (κ3) is 4.17. The first-order valence-corrected chi connectivity index (χ1v) is 7.84. The standard InChI is InChI=1S/C16H26N4O/c1-5-8-17-16(12(3)4)13-7-9-20(10-13)11-15-18-14(6-2)19-21-15/h7,9-10,12,16-17H,5-6,8,11H2,1-4H3. The Morgan fingerprint density at radius 3 is 2.76 bits per heavy atom. The number of nitrogens with zero attached hydrogens (tertiary/aromatic N) is 3. The van der Waals surface area contributed by atoms with Crippen LogP contribution >= 0.6 is 0 Å². The molecule has 1 unspecified atom stereocenters. The van der Waals surface area contributed by atoms with Crippen molar-refractivity contribution in [1.29, 1.82) is 0 Å². The minimum Gasteiger partial charge on any atom is -0.345 e. The lowest BCUT2D eigenvalue weighted by Crippen LogP contribution is -2.26. The molecular formula is C16H26N4O. The van der Waals surface area contributed by atoms with Crippen LogP contribution in [0.4, 0.5) is 0 Å². The summed E-state index contributed by atoms with van der Waals surface area (Å²) in [6.45, 7) is 10.4. The average molecular weight is 290 g/mol. The Morgan fingerprint density at radius 2 is 2.14 bits per heavy atom. The van der Waals surface area contributed by atoms with E-state index in [2.05, 4.69) is 59.3 Å². The smallest absolute Gasteiger partial charge is 0.246 e. The number of rotatable bonds is 8. The third-order valence-corrected chi connectivity index (χ3v) is 3.56. The molecule has 0 saturated carbocycles. The van der Waals surface area contributed by atoms with E-state index in [1.54, 1.807) is 0 Å². The van der Waals surface area contributed by atoms with Gasteiger partial charge in [-0.2, -0.15) is 4.98 Å². The van der Waals surface area contributed by atoms with Crippen LogP contribution in [0.1, 0.15) is 57.4 Å². The topological polar surface area (TPSA) is 55.9 Å². The predicted octanol–water partition coefficient (Wildman–Crippen LogP) is 3.18. The highest BCUT2D eigenvalue weighted by atomic mass is 16.5. The Bertz CT molecular complexity index is 544. The minimum atomic E-state index is 0.389. The molecule has 0 bridgehead atoms. The molecule has 2 rings (SSSR count). The lowest BCUT2D eigenvalue weighted by atomic mass is 9.98. The van der Waals surface area contributed by atoms with Crippen LogP contribution in [0.15, 0.2) is 23.0 Å². The Morgan fingerprint density at radius 1 is 1.33 bits per heavy atom. The molecule has 0 amide bonds. The molecule has 0 spiro atoms. The van der Waals surface area contributed by atoms with Crippen LogP contribution in [0.3, 0.4) is 0 Å². The highest BCUT2D eigenvalue weighted by Crippen LogP contribution is 2.22. The molecule has 0 aliphatic carbocycles. The van der Waals surface area contributed by atoms with Crippen molar-refractivity contribution >= 4 is 0 Å². The minimum absolute atomic E-state index is 0.389. The summed E-state index contributed by atoms with van der Waals surface area (Å²) < 4.78 is 7.35. The second-order valence-electron chi connectivity index (χ2n) is 5.75. The maximum atomic E-state index is 5.24. The summed E-state index contributed by atoms with van der Waals surface area (Å²) in [6.07, 6.45) is 6.19. The molecule has 1 atom stereocenters. The van der Waals surface area contributed by atoms with Crippen molar-refractivity contribution in [2.45, 2.75) is 53.1 Å². The first-order chi connectivity index (χ1) is 10.1. The van der Waals surface area contributed by atoms with Gasteiger partial charge in [-0.15, -0.1) is 0 Å². The van der Waals surface area contributed by atoms with E-state index in [-0.39, 0.29) is 0 Å². The number of hydrogen-bond acceptors (Lipinski definition) is 4. The van der Waals surface area contributed by atoms with Crippen molar-refractivity contribution in [3.05, 3.63) is 35.7 Å². The molecule has 5 nitrogen and oxygen atoms in total. The number of aromatic nitrogens is 3. The van der Waals surface area contributed by atoms with Crippen LogP contribution in [0, 0.1) is 5.92 Å². The van der Waals surface area contributed by atoms with E-state index in [1.807, 2.05) is 6.92 Å². The van der Waals surface area contributed by atoms with Gasteiger partial charge >= 0.3 is 0 Å². The summed E-state index contributed by atoms with van der Waals surface area (Å²) in [5, 5.41) is 7.54. The summed E-state index contributed by atoms with van der Waals surface area (Å²) in [5.74, 6) is 1.99. The van der Waals surface area contributed by atoms with Gasteiger partial charge in [-0.25, -0.2) is 0 Å². The van der Waals surface area contributed by atoms with Gasteiger partial charge in [0.15, 0.2) is 5.82 Å². The maximum Gasteiger partial charge on any atom is 0.246 e. The van der Waals surface area contributed by atoms with E-state index in [0.29, 0.717) is 24.4 Å². The molecule has 116 valence electrons. The van der Waals surface area contributed by atoms with Gasteiger partial charge in [0.05, 0.1) is 0 Å². The van der Waals surface area contributed by atoms with E-state index in [4.69, 9.17) is 4.52 Å². The van der Waals surface area contributed by atoms with Crippen LogP contribution < -0.4 is 5.32 Å². The van der Waals surface area contributed by atoms with Crippen LogP contribution in [-0.2, 0) is 13.0 Å². The summed E-state index contributed by atoms with van der Waals surface area (Å²) in [7, 11) is 0. The molecule has 0 aliphatic heterocycles. The fourth-order valence-corrected chi connectivity index (χ4v) is 2.43. The Hall–Kier alpha value is -1.62. The quantitative estimate of drug-likeness (QED) is 0.811. The first kappa shape index (κ1) is 15.8. The van der Waals surface area contributed by atoms with Crippen LogP contribution in [0.5, 0.6) is 0 Å². The molecule has 2 heterocycles. The first-order valence-electron chi connectivity index (χ1n) is 7.84. The molecule has 0 radical (unpaired) electrons. The highest BCUT2D eigenvalue weighted by molar-refractivity contribution is 5.16. The van der Waals surface area contributed by atoms with E-state index in [0.717, 1.165) is 25.2 Å². The molecular weight excluding hydrogens is 264 g/mol. The second-order valence-corrected chi connectivity index (χ2v) is 5.75. The highest BCUT2D eigenvalue weighted by Gasteiger charge is 2.16. The molecule has 21 heavy (non-hydrogen) atoms. The van der Waals surface area contributed by atoms with Gasteiger partial charge in [-0.3, -0.25) is 0 Å². The summed E-state index contributed by atoms with van der Waals surface area (Å²) in [6, 6.07) is 2.56. The fourth-order valence-electron chi connectivity index (χ4n) is 2.43. The van der Waals surface area contributed by atoms with Gasteiger partial charge in [0.2, 0.25) is 5.89 Å². The number of aryl methyl sites for hydroxylation is 1. The van der Waals surface area contributed by atoms with E-state index in [1.165, 1.54) is 5.56 Å². The molecule has 2 aromatic rings. The normalized spacial score (nSPS) is 13.0. The molecule has 5 heteroatoms. The van der Waals surface area contributed by atoms with E-state index in [9.17, 15) is 0 Å². The third-order valence-electron chi connectivity index (χ3n) is 3.56. The van der Waals surface area contributed by atoms with Gasteiger partial charge in [-0.05, 0) is 30.5 Å². The molecule has 0 aromatic carbocycles. The number of nitrogens with one attached hydrogen (secondary N) is 1. The van der Waals surface area contributed by atoms with Crippen molar-refractivity contribution in [3.63, 3.8) is 0 Å². The van der Waals surface area contributed by atoms with Crippen LogP contribution in [-0.4, -0.2) is 21.3 Å². The molecule has 1 N–H and O–H groups in total. The lowest BCUT2D eigenvalue weighted by Gasteiger charge is -2.21. The van der Waals surface area contributed by atoms with Gasteiger partial charge in [-0.1, -0.05) is 32.9 Å². The number of hydrogen-bond donors (Lipinski definition) is 1. The van der Waals surface area contributed by atoms with Gasteiger partial charge in [0.1, 0.15) is 6.54 Å². The summed E-state index contributed by atoms with van der Waals surface area (Å²) in [4.78, 5) is 4.35. The summed E-state index contributed by atoms with van der Waals surface area (Å²) >= 11 is 0. The monoisotopic (exact) mass is 290 g/mol. The Balaban J connectivity index is 2.05. The van der Waals surface area contributed by atoms with Crippen molar-refractivity contribution in [2.24, 2.45) is 5.92 Å². The zero-order chi connectivity index (χ0) is 15.2. The molecule has 2 aromatic heterocycles. The van der Waals surface area contributed by atoms with Crippen molar-refractivity contribution < 1.29 is 4.52 Å². The summed E-state index contributed by atoms with van der Waals surface area (Å²) in [5.41, 5.74) is 1.31. The van der Waals surface area contributed by atoms with Crippen molar-refractivity contribution in [3.8, 4) is 0 Å². The zero-order valence-electron chi connectivity index (χ0n) is 13.5. The Labute approximate surface area is 126 Å². The SMILES string of the molecule is CCCNC(c1ccn(Cc2nc(CC)no2)c1)C(C)C. The Kier molecular flexibility index (Phi) is 5.56. The maximum absolute atomic E-state index is 5.24. The van der Waals surface area contributed by atoms with E-state index < -0.39 is 0 Å². The van der Waals surface area contributed by atoms with Crippen LogP contribution in [0.2, 0.25) is 0 Å². The fraction of sp³-hybridized carbons (Fsp3) is 0.625. The van der Waals surface area contributed by atoms with Gasteiger partial charge in [0.25, 0.3) is 0 Å². The molecule has 0 saturated heterocycles. The largest absolute Gasteiger partial charge is 0.345 e. The van der Waals surface area contributed by atoms with Crippen LogP contribution in [0.25, 0.3) is 0 Å². The lowest BCUT2D eigenvalue weighted by molar-refractivity contribution is 0.366. The van der Waals surface area contributed by atoms with Gasteiger partial charge in [0, 0.05) is 24.9 Å². The molecule has 0 aliphatic rings. The second kappa shape index (κ2) is 7.41. The van der Waals surface area contributed by atoms with Crippen molar-refractivity contribution in [2.75, 3.05) is 6.54 Å². The zero-order valence-corrected chi connectivity index (χ0v) is 13.5. The van der Waals surface area contributed by atoms with E-state index >= 15 is 0 Å². The van der Waals surface area contributed by atoms with Crippen molar-refractivity contribution in [1.82, 2.24) is 20.0 Å².